The fraction of sp³-hybridized carbons (Fsp3) is 0.217. The second kappa shape index (κ2) is 9.32. The van der Waals surface area contributed by atoms with Gasteiger partial charge in [-0.15, -0.1) is 18.3 Å². The number of hydrogen-bond acceptors (Lipinski definition) is 7. The second-order valence-electron chi connectivity index (χ2n) is 7.73. The Kier molecular flexibility index (Phi) is 6.04. The first-order valence-electron chi connectivity index (χ1n) is 11.1. The van der Waals surface area contributed by atoms with Crippen LogP contribution in [0.25, 0.3) is 16.8 Å². The number of nitrogen functional groups attached to an aromatic ring is 1. The molecule has 0 spiro atoms. The SMILES string of the molecule is [2H]COc1nc(C)c(-c2ccn3nc(N)nc3c2)cc1C(=O)NC(C)c1cc(OC(F)(F)F)ccc1F. The van der Waals surface area contributed by atoms with Gasteiger partial charge in [-0.1, -0.05) is 0 Å². The van der Waals surface area contributed by atoms with Gasteiger partial charge < -0.3 is 20.5 Å². The normalized spacial score (nSPS) is 12.8. The van der Waals surface area contributed by atoms with E-state index in [9.17, 15) is 22.4 Å². The number of ether oxygens (including phenoxy) is 2. The van der Waals surface area contributed by atoms with E-state index in [1.165, 1.54) is 17.5 Å². The van der Waals surface area contributed by atoms with Crippen LogP contribution in [0, 0.1) is 12.7 Å². The largest absolute Gasteiger partial charge is 0.573 e. The average molecular weight is 505 g/mol. The highest BCUT2D eigenvalue weighted by molar-refractivity contribution is 5.98. The number of nitrogens with two attached hydrogens (primary N) is 1. The number of carbonyl (C=O) groups excluding carboxylic acids is 1. The number of halogens is 4. The summed E-state index contributed by atoms with van der Waals surface area (Å²) in [6.07, 6.45) is -3.34. The maximum atomic E-state index is 14.4. The highest BCUT2D eigenvalue weighted by Gasteiger charge is 2.31. The standard InChI is InChI=1S/C23H20F4N6O3/c1-11-15(13-6-7-33-19(8-13)31-22(28)32-33)10-17(21(30-11)35-3)20(34)29-12(2)16-9-14(4-5-18(16)24)36-23(25,26)27/h4-10,12H,1-3H3,(H2,28,32)(H,29,34)/i3D. The van der Waals surface area contributed by atoms with Crippen molar-refractivity contribution in [2.24, 2.45) is 0 Å². The van der Waals surface area contributed by atoms with Gasteiger partial charge in [-0.05, 0) is 55.8 Å². The number of fused-ring (bicyclic) bond motifs is 1. The van der Waals surface area contributed by atoms with Crippen molar-refractivity contribution >= 4 is 17.5 Å². The van der Waals surface area contributed by atoms with Crippen LogP contribution < -0.4 is 20.5 Å². The Morgan fingerprint density at radius 1 is 1.22 bits per heavy atom. The molecule has 13 heteroatoms. The van der Waals surface area contributed by atoms with Crippen molar-refractivity contribution < 1.29 is 33.2 Å². The molecule has 9 nitrogen and oxygen atoms in total. The fourth-order valence-electron chi connectivity index (χ4n) is 3.62. The van der Waals surface area contributed by atoms with Gasteiger partial charge in [0.05, 0.1) is 14.5 Å². The lowest BCUT2D eigenvalue weighted by Crippen LogP contribution is -2.28. The predicted octanol–water partition coefficient (Wildman–Crippen LogP) is 4.22. The number of amides is 1. The van der Waals surface area contributed by atoms with E-state index < -0.39 is 37.0 Å². The Bertz CT molecular complexity index is 1480. The van der Waals surface area contributed by atoms with Crippen LogP contribution in [0.4, 0.5) is 23.5 Å². The van der Waals surface area contributed by atoms with Crippen molar-refractivity contribution in [2.45, 2.75) is 26.3 Å². The third-order valence-corrected chi connectivity index (χ3v) is 5.24. The molecule has 1 unspecified atom stereocenters. The lowest BCUT2D eigenvalue weighted by atomic mass is 10.0. The van der Waals surface area contributed by atoms with Crippen LogP contribution >= 0.6 is 0 Å². The number of alkyl halides is 3. The second-order valence-corrected chi connectivity index (χ2v) is 7.73. The minimum absolute atomic E-state index is 0.0661. The van der Waals surface area contributed by atoms with E-state index in [0.717, 1.165) is 18.2 Å². The number of pyridine rings is 2. The molecular weight excluding hydrogens is 484 g/mol. The Hall–Kier alpha value is -4.42. The molecule has 3 N–H and O–H groups in total. The Labute approximate surface area is 203 Å². The van der Waals surface area contributed by atoms with Crippen LogP contribution in [0.1, 0.15) is 36.0 Å². The minimum atomic E-state index is -4.96. The highest BCUT2D eigenvalue weighted by Crippen LogP contribution is 2.30. The number of nitrogens with zero attached hydrogens (tertiary/aromatic N) is 4. The van der Waals surface area contributed by atoms with E-state index in [1.54, 1.807) is 25.3 Å². The zero-order chi connectivity index (χ0) is 26.9. The van der Waals surface area contributed by atoms with Crippen LogP contribution in [0.5, 0.6) is 11.6 Å². The lowest BCUT2D eigenvalue weighted by Gasteiger charge is -2.18. The zero-order valence-corrected chi connectivity index (χ0v) is 18.9. The van der Waals surface area contributed by atoms with Crippen LogP contribution in [-0.2, 0) is 0 Å². The first-order valence-corrected chi connectivity index (χ1v) is 10.4. The van der Waals surface area contributed by atoms with Gasteiger partial charge in [-0.2, -0.15) is 4.98 Å². The molecule has 36 heavy (non-hydrogen) atoms. The van der Waals surface area contributed by atoms with E-state index in [-0.39, 0.29) is 23.0 Å². The summed E-state index contributed by atoms with van der Waals surface area (Å²) >= 11 is 0. The number of rotatable bonds is 6. The third kappa shape index (κ3) is 5.14. The number of anilines is 1. The molecule has 3 aromatic heterocycles. The van der Waals surface area contributed by atoms with Gasteiger partial charge in [-0.3, -0.25) is 4.79 Å². The van der Waals surface area contributed by atoms with Crippen LogP contribution in [-0.4, -0.2) is 38.9 Å². The van der Waals surface area contributed by atoms with Gasteiger partial charge in [0, 0.05) is 23.0 Å². The van der Waals surface area contributed by atoms with Crippen LogP contribution in [0.2, 0.25) is 0 Å². The number of carbonyl (C=O) groups is 1. The molecule has 1 amide bonds. The smallest absolute Gasteiger partial charge is 0.480 e. The van der Waals surface area contributed by atoms with Crippen LogP contribution in [0.3, 0.4) is 0 Å². The molecule has 3 heterocycles. The van der Waals surface area contributed by atoms with Gasteiger partial charge in [0.1, 0.15) is 17.1 Å². The number of hydrogen-bond donors (Lipinski definition) is 2. The highest BCUT2D eigenvalue weighted by atomic mass is 19.4. The molecule has 0 saturated heterocycles. The van der Waals surface area contributed by atoms with Crippen molar-refractivity contribution in [1.29, 1.82) is 0 Å². The maximum absolute atomic E-state index is 14.4. The number of nitrogens with one attached hydrogen (secondary N) is 1. The average Bonchev–Trinajstić information content (AvgIpc) is 3.18. The van der Waals surface area contributed by atoms with Crippen molar-refractivity contribution in [1.82, 2.24) is 24.9 Å². The Morgan fingerprint density at radius 2 is 2.00 bits per heavy atom. The molecule has 0 saturated carbocycles. The van der Waals surface area contributed by atoms with Crippen molar-refractivity contribution in [2.75, 3.05) is 12.8 Å². The molecule has 0 aliphatic heterocycles. The summed E-state index contributed by atoms with van der Waals surface area (Å²) in [4.78, 5) is 21.6. The van der Waals surface area contributed by atoms with Gasteiger partial charge in [0.25, 0.3) is 5.91 Å². The number of benzene rings is 1. The molecule has 0 fully saturated rings. The molecule has 1 aromatic carbocycles. The molecule has 0 aliphatic rings. The fourth-order valence-corrected chi connectivity index (χ4v) is 3.62. The molecule has 4 aromatic rings. The quantitative estimate of drug-likeness (QED) is 0.377. The summed E-state index contributed by atoms with van der Waals surface area (Å²) in [5.74, 6) is -2.28. The maximum Gasteiger partial charge on any atom is 0.573 e. The summed E-state index contributed by atoms with van der Waals surface area (Å²) in [5, 5.41) is 6.54. The summed E-state index contributed by atoms with van der Waals surface area (Å²) in [6.45, 7) is 3.07. The monoisotopic (exact) mass is 505 g/mol. The van der Waals surface area contributed by atoms with Gasteiger partial charge in [-0.25, -0.2) is 13.9 Å². The van der Waals surface area contributed by atoms with E-state index in [4.69, 9.17) is 11.8 Å². The van der Waals surface area contributed by atoms with E-state index in [0.29, 0.717) is 22.5 Å². The number of aryl methyl sites for hydroxylation is 1. The molecule has 0 aliphatic carbocycles. The summed E-state index contributed by atoms with van der Waals surface area (Å²) in [5.41, 5.74) is 7.44. The topological polar surface area (TPSA) is 117 Å². The van der Waals surface area contributed by atoms with Gasteiger partial charge in [0.15, 0.2) is 5.65 Å². The molecule has 0 bridgehead atoms. The zero-order valence-electron chi connectivity index (χ0n) is 19.9. The number of methoxy groups -OCH3 is 1. The first-order chi connectivity index (χ1) is 17.4. The van der Waals surface area contributed by atoms with Crippen molar-refractivity contribution in [3.8, 4) is 22.8 Å². The van der Waals surface area contributed by atoms with Crippen molar-refractivity contribution in [3.05, 3.63) is 65.2 Å². The van der Waals surface area contributed by atoms with E-state index >= 15 is 0 Å². The molecule has 188 valence electrons. The summed E-state index contributed by atoms with van der Waals surface area (Å²) in [7, 11) is -0.530. The predicted molar refractivity (Wildman–Crippen MR) is 121 cm³/mol. The lowest BCUT2D eigenvalue weighted by molar-refractivity contribution is -0.274. The van der Waals surface area contributed by atoms with Crippen molar-refractivity contribution in [3.63, 3.8) is 0 Å². The van der Waals surface area contributed by atoms with E-state index in [1.807, 2.05) is 0 Å². The molecule has 1 atom stereocenters. The van der Waals surface area contributed by atoms with E-state index in [2.05, 4.69) is 25.1 Å². The third-order valence-electron chi connectivity index (χ3n) is 5.24. The Balaban J connectivity index is 1.67. The van der Waals surface area contributed by atoms with Crippen LogP contribution in [0.15, 0.2) is 42.6 Å². The summed E-state index contributed by atoms with van der Waals surface area (Å²) < 4.78 is 70.1. The first kappa shape index (κ1) is 23.3. The molecule has 4 rings (SSSR count). The van der Waals surface area contributed by atoms with Gasteiger partial charge >= 0.3 is 6.36 Å². The number of aromatic nitrogens is 4. The molecule has 0 radical (unpaired) electrons. The molecular formula is C23H20F4N6O3. The summed E-state index contributed by atoms with van der Waals surface area (Å²) in [6, 6.07) is 6.32. The Morgan fingerprint density at radius 3 is 2.72 bits per heavy atom. The van der Waals surface area contributed by atoms with Gasteiger partial charge in [0.2, 0.25) is 11.8 Å². The minimum Gasteiger partial charge on any atom is -0.480 e.